The molecule has 2 aromatic rings. The smallest absolute Gasteiger partial charge is 0.325 e. The first kappa shape index (κ1) is 24.3. The van der Waals surface area contributed by atoms with Crippen LogP contribution in [-0.2, 0) is 20.6 Å². The Kier molecular flexibility index (Phi) is 8.09. The van der Waals surface area contributed by atoms with E-state index < -0.39 is 28.8 Å². The Morgan fingerprint density at radius 2 is 1.61 bits per heavy atom. The van der Waals surface area contributed by atoms with Crippen molar-refractivity contribution in [2.75, 3.05) is 21.7 Å². The minimum Gasteiger partial charge on any atom is -0.325 e. The Hall–Kier alpha value is -3.01. The average Bonchev–Trinajstić information content (AvgIpc) is 2.68. The highest BCUT2D eigenvalue weighted by atomic mass is 32.2. The van der Waals surface area contributed by atoms with Gasteiger partial charge in [-0.15, -0.1) is 11.8 Å². The topological polar surface area (TPSA) is 87.3 Å². The van der Waals surface area contributed by atoms with Crippen LogP contribution in [0.15, 0.2) is 42.5 Å². The molecular formula is C21H22F3N3O3S. The third kappa shape index (κ3) is 7.63. The van der Waals surface area contributed by atoms with Crippen LogP contribution in [0.2, 0.25) is 0 Å². The lowest BCUT2D eigenvalue weighted by atomic mass is 10.1. The predicted octanol–water partition coefficient (Wildman–Crippen LogP) is 4.67. The molecule has 0 radical (unpaired) electrons. The van der Waals surface area contributed by atoms with E-state index in [0.717, 1.165) is 35.5 Å². The van der Waals surface area contributed by atoms with Gasteiger partial charge in [0.15, 0.2) is 0 Å². The molecule has 0 saturated heterocycles. The normalized spacial score (nSPS) is 12.1. The lowest BCUT2D eigenvalue weighted by Gasteiger charge is -2.17. The molecule has 6 nitrogen and oxygen atoms in total. The quantitative estimate of drug-likeness (QED) is 0.569. The zero-order valence-electron chi connectivity index (χ0n) is 17.1. The second kappa shape index (κ2) is 10.3. The van der Waals surface area contributed by atoms with Crippen LogP contribution in [0.5, 0.6) is 0 Å². The van der Waals surface area contributed by atoms with Crippen molar-refractivity contribution in [2.45, 2.75) is 32.2 Å². The third-order valence-electron chi connectivity index (χ3n) is 4.08. The Balaban J connectivity index is 2.01. The van der Waals surface area contributed by atoms with Crippen LogP contribution in [0.3, 0.4) is 0 Å². The van der Waals surface area contributed by atoms with Crippen LogP contribution in [0.4, 0.5) is 30.2 Å². The van der Waals surface area contributed by atoms with Crippen molar-refractivity contribution in [3.63, 3.8) is 0 Å². The molecule has 3 amide bonds. The average molecular weight is 453 g/mol. The first-order valence-electron chi connectivity index (χ1n) is 9.23. The molecule has 0 aliphatic rings. The van der Waals surface area contributed by atoms with Gasteiger partial charge in [-0.1, -0.05) is 17.7 Å². The van der Waals surface area contributed by atoms with Crippen LogP contribution in [0.1, 0.15) is 25.0 Å². The molecule has 3 N–H and O–H groups in total. The molecule has 0 heterocycles. The Morgan fingerprint density at radius 1 is 0.968 bits per heavy atom. The second-order valence-electron chi connectivity index (χ2n) is 6.80. The highest BCUT2D eigenvalue weighted by Gasteiger charge is 2.31. The van der Waals surface area contributed by atoms with E-state index in [1.165, 1.54) is 13.8 Å². The van der Waals surface area contributed by atoms with Crippen molar-refractivity contribution in [3.8, 4) is 0 Å². The van der Waals surface area contributed by atoms with E-state index in [0.29, 0.717) is 5.69 Å². The molecule has 0 aliphatic heterocycles. The number of nitrogens with one attached hydrogen (secondary N) is 3. The first-order chi connectivity index (χ1) is 14.5. The Bertz CT molecular complexity index is 963. The van der Waals surface area contributed by atoms with E-state index in [9.17, 15) is 27.6 Å². The van der Waals surface area contributed by atoms with E-state index in [-0.39, 0.29) is 23.0 Å². The fraction of sp³-hybridized carbons (Fsp3) is 0.286. The monoisotopic (exact) mass is 453 g/mol. The summed E-state index contributed by atoms with van der Waals surface area (Å²) in [5, 5.41) is 6.76. The molecule has 166 valence electrons. The van der Waals surface area contributed by atoms with Gasteiger partial charge in [-0.3, -0.25) is 14.4 Å². The zero-order valence-corrected chi connectivity index (χ0v) is 17.9. The molecule has 0 aromatic heterocycles. The van der Waals surface area contributed by atoms with Crippen LogP contribution in [-0.4, -0.2) is 28.7 Å². The highest BCUT2D eigenvalue weighted by Crippen LogP contribution is 2.34. The summed E-state index contributed by atoms with van der Waals surface area (Å²) < 4.78 is 39.1. The van der Waals surface area contributed by atoms with Gasteiger partial charge < -0.3 is 16.0 Å². The van der Waals surface area contributed by atoms with Crippen molar-refractivity contribution in [1.82, 2.24) is 0 Å². The van der Waals surface area contributed by atoms with E-state index >= 15 is 0 Å². The van der Waals surface area contributed by atoms with E-state index in [2.05, 4.69) is 16.0 Å². The fourth-order valence-corrected chi connectivity index (χ4v) is 3.15. The predicted molar refractivity (Wildman–Crippen MR) is 116 cm³/mol. The number of halogens is 3. The SMILES string of the molecule is CC(=O)Nc1ccc(C(F)(F)F)cc1NC(=O)C(C)SCC(=O)Nc1ccc(C)cc1. The molecule has 2 rings (SSSR count). The summed E-state index contributed by atoms with van der Waals surface area (Å²) in [6, 6.07) is 9.85. The summed E-state index contributed by atoms with van der Waals surface area (Å²) >= 11 is 1.03. The number of hydrogen-bond acceptors (Lipinski definition) is 4. The zero-order chi connectivity index (χ0) is 23.2. The summed E-state index contributed by atoms with van der Waals surface area (Å²) in [6.07, 6.45) is -4.61. The maximum atomic E-state index is 13.0. The maximum Gasteiger partial charge on any atom is 0.416 e. The van der Waals surface area contributed by atoms with Crippen LogP contribution in [0.25, 0.3) is 0 Å². The summed E-state index contributed by atoms with van der Waals surface area (Å²) in [6.45, 7) is 4.66. The minimum atomic E-state index is -4.61. The van der Waals surface area contributed by atoms with E-state index in [1.807, 2.05) is 19.1 Å². The number of aryl methyl sites for hydroxylation is 1. The van der Waals surface area contributed by atoms with Crippen LogP contribution < -0.4 is 16.0 Å². The lowest BCUT2D eigenvalue weighted by Crippen LogP contribution is -2.26. The third-order valence-corrected chi connectivity index (χ3v) is 5.23. The molecule has 0 aliphatic carbocycles. The molecule has 2 aromatic carbocycles. The lowest BCUT2D eigenvalue weighted by molar-refractivity contribution is -0.137. The molecular weight excluding hydrogens is 431 g/mol. The number of hydrogen-bond donors (Lipinski definition) is 3. The van der Waals surface area contributed by atoms with Crippen molar-refractivity contribution in [2.24, 2.45) is 0 Å². The number of anilines is 3. The Labute approximate surface area is 182 Å². The Morgan fingerprint density at radius 3 is 2.19 bits per heavy atom. The molecule has 0 bridgehead atoms. The number of carbonyl (C=O) groups is 3. The van der Waals surface area contributed by atoms with Gasteiger partial charge in [-0.25, -0.2) is 0 Å². The van der Waals surface area contributed by atoms with Crippen LogP contribution >= 0.6 is 11.8 Å². The van der Waals surface area contributed by atoms with Gasteiger partial charge in [-0.2, -0.15) is 13.2 Å². The molecule has 1 unspecified atom stereocenters. The molecule has 0 saturated carbocycles. The summed E-state index contributed by atoms with van der Waals surface area (Å²) in [5.41, 5.74) is 0.576. The fourth-order valence-electron chi connectivity index (χ4n) is 2.47. The van der Waals surface area contributed by atoms with Gasteiger partial charge >= 0.3 is 6.18 Å². The first-order valence-corrected chi connectivity index (χ1v) is 10.3. The molecule has 0 fully saturated rings. The second-order valence-corrected chi connectivity index (χ2v) is 8.13. The molecule has 10 heteroatoms. The standard InChI is InChI=1S/C21H22F3N3O3S/c1-12-4-7-16(8-5-12)26-19(29)11-31-13(2)20(30)27-18-10-15(21(22,23)24)6-9-17(18)25-14(3)28/h4-10,13H,11H2,1-3H3,(H,25,28)(H,26,29)(H,27,30). The molecule has 0 spiro atoms. The molecule has 31 heavy (non-hydrogen) atoms. The number of amides is 3. The van der Waals surface area contributed by atoms with Gasteiger partial charge in [-0.05, 0) is 44.2 Å². The van der Waals surface area contributed by atoms with E-state index in [4.69, 9.17) is 0 Å². The minimum absolute atomic E-state index is 0.0242. The number of rotatable bonds is 7. The number of carbonyl (C=O) groups excluding carboxylic acids is 3. The summed E-state index contributed by atoms with van der Waals surface area (Å²) in [4.78, 5) is 35.9. The summed E-state index contributed by atoms with van der Waals surface area (Å²) in [5.74, 6) is -1.43. The van der Waals surface area contributed by atoms with E-state index in [1.54, 1.807) is 12.1 Å². The van der Waals surface area contributed by atoms with Gasteiger partial charge in [0, 0.05) is 12.6 Å². The van der Waals surface area contributed by atoms with Crippen molar-refractivity contribution in [1.29, 1.82) is 0 Å². The van der Waals surface area contributed by atoms with Crippen molar-refractivity contribution < 1.29 is 27.6 Å². The van der Waals surface area contributed by atoms with Gasteiger partial charge in [0.25, 0.3) is 0 Å². The number of alkyl halides is 3. The van der Waals surface area contributed by atoms with Crippen LogP contribution in [0, 0.1) is 6.92 Å². The maximum absolute atomic E-state index is 13.0. The van der Waals surface area contributed by atoms with Gasteiger partial charge in [0.2, 0.25) is 17.7 Å². The van der Waals surface area contributed by atoms with Crippen molar-refractivity contribution in [3.05, 3.63) is 53.6 Å². The largest absolute Gasteiger partial charge is 0.416 e. The highest BCUT2D eigenvalue weighted by molar-refractivity contribution is 8.01. The molecule has 1 atom stereocenters. The van der Waals surface area contributed by atoms with Crippen molar-refractivity contribution >= 4 is 46.5 Å². The number of thioether (sulfide) groups is 1. The number of benzene rings is 2. The van der Waals surface area contributed by atoms with Gasteiger partial charge in [0.1, 0.15) is 0 Å². The van der Waals surface area contributed by atoms with Gasteiger partial charge in [0.05, 0.1) is 27.9 Å². The summed E-state index contributed by atoms with van der Waals surface area (Å²) in [7, 11) is 0.